The number of aromatic nitrogens is 3. The van der Waals surface area contributed by atoms with Gasteiger partial charge in [-0.05, 0) is 37.3 Å². The third-order valence-corrected chi connectivity index (χ3v) is 4.48. The molecule has 2 aromatic heterocycles. The van der Waals surface area contributed by atoms with Crippen LogP contribution < -0.4 is 4.74 Å². The first-order chi connectivity index (χ1) is 11.7. The molecular weight excluding hydrogens is 322 g/mol. The van der Waals surface area contributed by atoms with Crippen molar-refractivity contribution in [3.8, 4) is 17.0 Å². The summed E-state index contributed by atoms with van der Waals surface area (Å²) in [5.74, 6) is 0.808. The molecule has 0 N–H and O–H groups in total. The molecule has 0 amide bonds. The molecule has 24 heavy (non-hydrogen) atoms. The monoisotopic (exact) mass is 337 g/mol. The fourth-order valence-electron chi connectivity index (χ4n) is 3.00. The number of fused-ring (bicyclic) bond motifs is 2. The molecule has 2 aromatic carbocycles. The Labute approximate surface area is 144 Å². The van der Waals surface area contributed by atoms with E-state index >= 15 is 0 Å². The van der Waals surface area contributed by atoms with Gasteiger partial charge in [0, 0.05) is 29.2 Å². The van der Waals surface area contributed by atoms with Gasteiger partial charge in [0.05, 0.1) is 18.1 Å². The number of para-hydroxylation sites is 2. The maximum atomic E-state index is 6.45. The molecule has 0 aliphatic heterocycles. The zero-order valence-corrected chi connectivity index (χ0v) is 14.2. The van der Waals surface area contributed by atoms with E-state index in [4.69, 9.17) is 21.3 Å². The number of benzene rings is 2. The van der Waals surface area contributed by atoms with Gasteiger partial charge in [0.25, 0.3) is 0 Å². The molecule has 5 heteroatoms. The van der Waals surface area contributed by atoms with Gasteiger partial charge in [0.1, 0.15) is 11.4 Å². The van der Waals surface area contributed by atoms with E-state index in [9.17, 15) is 0 Å². The minimum Gasteiger partial charge on any atom is -0.497 e. The van der Waals surface area contributed by atoms with Crippen molar-refractivity contribution in [3.05, 3.63) is 53.8 Å². The lowest BCUT2D eigenvalue weighted by atomic mass is 10.1. The molecule has 0 aliphatic rings. The van der Waals surface area contributed by atoms with Crippen molar-refractivity contribution in [1.82, 2.24) is 14.5 Å². The second-order valence-electron chi connectivity index (χ2n) is 5.56. The van der Waals surface area contributed by atoms with Crippen molar-refractivity contribution < 1.29 is 4.74 Å². The fraction of sp³-hybridized carbons (Fsp3) is 0.158. The SMILES string of the molecule is CCn1cc(-c2nc3ccccc3nc2Cl)c2cc(OC)ccc21. The number of ether oxygens (including phenoxy) is 1. The summed E-state index contributed by atoms with van der Waals surface area (Å²) in [6.07, 6.45) is 2.08. The highest BCUT2D eigenvalue weighted by Crippen LogP contribution is 2.35. The van der Waals surface area contributed by atoms with E-state index in [1.807, 2.05) is 36.4 Å². The molecule has 0 unspecified atom stereocenters. The summed E-state index contributed by atoms with van der Waals surface area (Å²) in [6.45, 7) is 2.97. The van der Waals surface area contributed by atoms with Gasteiger partial charge in [0.2, 0.25) is 0 Å². The molecule has 0 atom stereocenters. The highest BCUT2D eigenvalue weighted by Gasteiger charge is 2.16. The zero-order valence-electron chi connectivity index (χ0n) is 13.5. The van der Waals surface area contributed by atoms with Gasteiger partial charge in [-0.1, -0.05) is 23.7 Å². The summed E-state index contributed by atoms with van der Waals surface area (Å²) in [6, 6.07) is 13.8. The molecule has 4 rings (SSSR count). The first kappa shape index (κ1) is 15.0. The number of hydrogen-bond donors (Lipinski definition) is 0. The van der Waals surface area contributed by atoms with Crippen LogP contribution in [0.15, 0.2) is 48.7 Å². The number of halogens is 1. The maximum absolute atomic E-state index is 6.45. The molecule has 0 spiro atoms. The minimum absolute atomic E-state index is 0.409. The van der Waals surface area contributed by atoms with Crippen LogP contribution in [0.5, 0.6) is 5.75 Å². The summed E-state index contributed by atoms with van der Waals surface area (Å²) < 4.78 is 7.56. The Morgan fingerprint density at radius 2 is 1.83 bits per heavy atom. The van der Waals surface area contributed by atoms with Crippen molar-refractivity contribution in [2.45, 2.75) is 13.5 Å². The largest absolute Gasteiger partial charge is 0.497 e. The standard InChI is InChI=1S/C19H16ClN3O/c1-3-23-11-14(13-10-12(24-2)8-9-17(13)23)18-19(20)22-16-7-5-4-6-15(16)21-18/h4-11H,3H2,1-2H3. The first-order valence-corrected chi connectivity index (χ1v) is 8.18. The molecular formula is C19H16ClN3O. The number of rotatable bonds is 3. The Morgan fingerprint density at radius 3 is 2.54 bits per heavy atom. The summed E-state index contributed by atoms with van der Waals surface area (Å²) in [7, 11) is 1.67. The van der Waals surface area contributed by atoms with Gasteiger partial charge >= 0.3 is 0 Å². The summed E-state index contributed by atoms with van der Waals surface area (Å²) in [5, 5.41) is 1.47. The number of hydrogen-bond acceptors (Lipinski definition) is 3. The maximum Gasteiger partial charge on any atom is 0.156 e. The fourth-order valence-corrected chi connectivity index (χ4v) is 3.24. The minimum atomic E-state index is 0.409. The van der Waals surface area contributed by atoms with Crippen LogP contribution in [0.4, 0.5) is 0 Å². The predicted molar refractivity (Wildman–Crippen MR) is 97.7 cm³/mol. The van der Waals surface area contributed by atoms with Crippen molar-refractivity contribution >= 4 is 33.5 Å². The van der Waals surface area contributed by atoms with Gasteiger partial charge in [-0.3, -0.25) is 0 Å². The van der Waals surface area contributed by atoms with E-state index < -0.39 is 0 Å². The second kappa shape index (κ2) is 5.80. The van der Waals surface area contributed by atoms with Gasteiger partial charge < -0.3 is 9.30 Å². The molecule has 4 aromatic rings. The van der Waals surface area contributed by atoms with E-state index in [0.717, 1.165) is 39.8 Å². The Balaban J connectivity index is 2.03. The number of nitrogens with zero attached hydrogens (tertiary/aromatic N) is 3. The molecule has 0 aliphatic carbocycles. The van der Waals surface area contributed by atoms with E-state index in [-0.39, 0.29) is 0 Å². The smallest absolute Gasteiger partial charge is 0.156 e. The molecule has 0 saturated carbocycles. The van der Waals surface area contributed by atoms with E-state index in [1.165, 1.54) is 0 Å². The Morgan fingerprint density at radius 1 is 1.08 bits per heavy atom. The van der Waals surface area contributed by atoms with Crippen LogP contribution in [0.1, 0.15) is 6.92 Å². The number of aryl methyl sites for hydroxylation is 1. The second-order valence-corrected chi connectivity index (χ2v) is 5.92. The molecule has 4 nitrogen and oxygen atoms in total. The highest BCUT2D eigenvalue weighted by atomic mass is 35.5. The van der Waals surface area contributed by atoms with Gasteiger partial charge in [-0.25, -0.2) is 9.97 Å². The van der Waals surface area contributed by atoms with Crippen LogP contribution in [-0.4, -0.2) is 21.6 Å². The Bertz CT molecular complexity index is 1060. The molecule has 120 valence electrons. The Kier molecular flexibility index (Phi) is 3.62. The number of methoxy groups -OCH3 is 1. The lowest BCUT2D eigenvalue weighted by molar-refractivity contribution is 0.415. The quantitative estimate of drug-likeness (QED) is 0.532. The van der Waals surface area contributed by atoms with Crippen LogP contribution >= 0.6 is 11.6 Å². The molecule has 2 heterocycles. The highest BCUT2D eigenvalue weighted by molar-refractivity contribution is 6.32. The normalized spacial score (nSPS) is 11.3. The first-order valence-electron chi connectivity index (χ1n) is 7.80. The van der Waals surface area contributed by atoms with Gasteiger partial charge in [0.15, 0.2) is 5.15 Å². The van der Waals surface area contributed by atoms with Gasteiger partial charge in [-0.2, -0.15) is 0 Å². The van der Waals surface area contributed by atoms with E-state index in [0.29, 0.717) is 10.8 Å². The van der Waals surface area contributed by atoms with Crippen molar-refractivity contribution in [1.29, 1.82) is 0 Å². The van der Waals surface area contributed by atoms with Crippen LogP contribution in [-0.2, 0) is 6.54 Å². The van der Waals surface area contributed by atoms with Crippen molar-refractivity contribution in [3.63, 3.8) is 0 Å². The van der Waals surface area contributed by atoms with E-state index in [2.05, 4.69) is 28.7 Å². The average molecular weight is 338 g/mol. The average Bonchev–Trinajstić information content (AvgIpc) is 2.98. The third kappa shape index (κ3) is 2.31. The molecule has 0 radical (unpaired) electrons. The van der Waals surface area contributed by atoms with Crippen LogP contribution in [0.2, 0.25) is 5.15 Å². The third-order valence-electron chi connectivity index (χ3n) is 4.21. The zero-order chi connectivity index (χ0) is 16.7. The lowest BCUT2D eigenvalue weighted by Gasteiger charge is -2.05. The van der Waals surface area contributed by atoms with E-state index in [1.54, 1.807) is 7.11 Å². The molecule has 0 fully saturated rings. The topological polar surface area (TPSA) is 39.9 Å². The summed E-state index contributed by atoms with van der Waals surface area (Å²) >= 11 is 6.45. The van der Waals surface area contributed by atoms with Crippen molar-refractivity contribution in [2.75, 3.05) is 7.11 Å². The van der Waals surface area contributed by atoms with Crippen LogP contribution in [0, 0.1) is 0 Å². The lowest BCUT2D eigenvalue weighted by Crippen LogP contribution is -1.91. The summed E-state index contributed by atoms with van der Waals surface area (Å²) in [5.41, 5.74) is 4.41. The van der Waals surface area contributed by atoms with Crippen LogP contribution in [0.25, 0.3) is 33.2 Å². The van der Waals surface area contributed by atoms with Gasteiger partial charge in [-0.15, -0.1) is 0 Å². The van der Waals surface area contributed by atoms with Crippen LogP contribution in [0.3, 0.4) is 0 Å². The summed E-state index contributed by atoms with van der Waals surface area (Å²) in [4.78, 5) is 9.25. The predicted octanol–water partition coefficient (Wildman–Crippen LogP) is 4.93. The molecule has 0 bridgehead atoms. The molecule has 0 saturated heterocycles. The van der Waals surface area contributed by atoms with Crippen molar-refractivity contribution in [2.24, 2.45) is 0 Å². The Hall–Kier alpha value is -2.59.